The van der Waals surface area contributed by atoms with Crippen LogP contribution in [0.5, 0.6) is 0 Å². The number of hydrogen-bond acceptors (Lipinski definition) is 6. The monoisotopic (exact) mass is 849 g/mol. The molecule has 1 aliphatic heterocycles. The molecule has 0 amide bonds. The highest BCUT2D eigenvalue weighted by molar-refractivity contribution is 9.10. The summed E-state index contributed by atoms with van der Waals surface area (Å²) in [5.74, 6) is 0.128. The van der Waals surface area contributed by atoms with Crippen LogP contribution in [-0.2, 0) is 48.6 Å². The smallest absolute Gasteiger partial charge is 0.160 e. The molecule has 0 saturated heterocycles. The van der Waals surface area contributed by atoms with Crippen molar-refractivity contribution < 1.29 is 9.59 Å². The van der Waals surface area contributed by atoms with Gasteiger partial charge in [-0.15, -0.1) is 0 Å². The number of fused-ring (bicyclic) bond motifs is 3. The second-order valence-electron chi connectivity index (χ2n) is 15.0. The van der Waals surface area contributed by atoms with E-state index in [0.717, 1.165) is 76.9 Å². The fourth-order valence-corrected chi connectivity index (χ4v) is 8.81. The Morgan fingerprint density at radius 3 is 1.95 bits per heavy atom. The SMILES string of the molecule is C=CC(=O)Cc1cc2c(cc1Br)c(-c1cnn(C)c1)nn2C(c1ccccc1)(c1ccccc1)c1ccccc1.Cn1cc(C2=NCc3cc4c(cc32)C=CC(=O)C4)cn1. The van der Waals surface area contributed by atoms with E-state index in [1.807, 2.05) is 63.2 Å². The second-order valence-corrected chi connectivity index (χ2v) is 15.9. The van der Waals surface area contributed by atoms with Crippen molar-refractivity contribution in [1.82, 2.24) is 29.3 Å². The Hall–Kier alpha value is -7.04. The Kier molecular flexibility index (Phi) is 10.2. The molecule has 0 bridgehead atoms. The first-order valence-corrected chi connectivity index (χ1v) is 20.4. The molecule has 0 fully saturated rings. The van der Waals surface area contributed by atoms with Crippen LogP contribution in [0, 0.1) is 0 Å². The van der Waals surface area contributed by atoms with E-state index in [0.29, 0.717) is 13.0 Å². The minimum Gasteiger partial charge on any atom is -0.295 e. The molecule has 0 N–H and O–H groups in total. The van der Waals surface area contributed by atoms with Crippen LogP contribution in [0.3, 0.4) is 0 Å². The lowest BCUT2D eigenvalue weighted by Crippen LogP contribution is -2.38. The number of benzene rings is 5. The number of allylic oxidation sites excluding steroid dienone is 2. The van der Waals surface area contributed by atoms with Gasteiger partial charge in [0.15, 0.2) is 11.6 Å². The Labute approximate surface area is 356 Å². The van der Waals surface area contributed by atoms with E-state index in [4.69, 9.17) is 5.10 Å². The highest BCUT2D eigenvalue weighted by atomic mass is 79.9. The molecule has 9 nitrogen and oxygen atoms in total. The Morgan fingerprint density at radius 2 is 1.38 bits per heavy atom. The van der Waals surface area contributed by atoms with Gasteiger partial charge in [0.05, 0.1) is 30.2 Å². The van der Waals surface area contributed by atoms with Gasteiger partial charge in [-0.1, -0.05) is 126 Å². The topological polar surface area (TPSA) is 100.0 Å². The first-order valence-electron chi connectivity index (χ1n) is 19.7. The van der Waals surface area contributed by atoms with E-state index >= 15 is 0 Å². The summed E-state index contributed by atoms with van der Waals surface area (Å²) in [6.45, 7) is 4.36. The van der Waals surface area contributed by atoms with E-state index in [1.165, 1.54) is 11.6 Å². The van der Waals surface area contributed by atoms with Crippen molar-refractivity contribution in [2.24, 2.45) is 19.1 Å². The zero-order chi connectivity index (χ0) is 41.4. The van der Waals surface area contributed by atoms with Gasteiger partial charge < -0.3 is 0 Å². The van der Waals surface area contributed by atoms with Gasteiger partial charge in [0, 0.05) is 65.9 Å². The van der Waals surface area contributed by atoms with E-state index < -0.39 is 5.54 Å². The van der Waals surface area contributed by atoms with Crippen molar-refractivity contribution in [2.75, 3.05) is 0 Å². The first-order chi connectivity index (χ1) is 29.2. The molecule has 0 spiro atoms. The molecule has 1 aliphatic carbocycles. The predicted octanol–water partition coefficient (Wildman–Crippen LogP) is 9.25. The molecule has 8 aromatic rings. The van der Waals surface area contributed by atoms with Crippen molar-refractivity contribution in [2.45, 2.75) is 24.9 Å². The second kappa shape index (κ2) is 16.0. The average molecular weight is 851 g/mol. The van der Waals surface area contributed by atoms with E-state index in [1.54, 1.807) is 15.4 Å². The van der Waals surface area contributed by atoms with Crippen LogP contribution in [0.4, 0.5) is 0 Å². The molecule has 3 aromatic heterocycles. The third-order valence-electron chi connectivity index (χ3n) is 11.1. The molecule has 0 atom stereocenters. The van der Waals surface area contributed by atoms with Gasteiger partial charge >= 0.3 is 0 Å². The zero-order valence-corrected chi connectivity index (χ0v) is 34.8. The van der Waals surface area contributed by atoms with Gasteiger partial charge in [0.1, 0.15) is 11.2 Å². The summed E-state index contributed by atoms with van der Waals surface area (Å²) >= 11 is 3.74. The van der Waals surface area contributed by atoms with Crippen LogP contribution < -0.4 is 0 Å². The van der Waals surface area contributed by atoms with Crippen LogP contribution in [0.25, 0.3) is 28.2 Å². The molecule has 60 heavy (non-hydrogen) atoms. The van der Waals surface area contributed by atoms with Crippen molar-refractivity contribution in [1.29, 1.82) is 0 Å². The fourth-order valence-electron chi connectivity index (χ4n) is 8.33. The van der Waals surface area contributed by atoms with E-state index in [9.17, 15) is 9.59 Å². The molecule has 0 radical (unpaired) electrons. The third-order valence-corrected chi connectivity index (χ3v) is 11.9. The minimum atomic E-state index is -0.809. The normalized spacial score (nSPS) is 13.1. The molecule has 294 valence electrons. The van der Waals surface area contributed by atoms with Gasteiger partial charge in [-0.05, 0) is 69.3 Å². The van der Waals surface area contributed by atoms with Crippen molar-refractivity contribution in [3.05, 3.63) is 213 Å². The largest absolute Gasteiger partial charge is 0.295 e. The maximum Gasteiger partial charge on any atom is 0.160 e. The lowest BCUT2D eigenvalue weighted by atomic mass is 9.77. The van der Waals surface area contributed by atoms with Gasteiger partial charge in [0.2, 0.25) is 0 Å². The van der Waals surface area contributed by atoms with Crippen molar-refractivity contribution in [3.8, 4) is 11.3 Å². The lowest BCUT2D eigenvalue weighted by molar-refractivity contribution is -0.114. The predicted molar refractivity (Wildman–Crippen MR) is 240 cm³/mol. The minimum absolute atomic E-state index is 0.0426. The van der Waals surface area contributed by atoms with Crippen LogP contribution in [0.15, 0.2) is 168 Å². The van der Waals surface area contributed by atoms with Crippen LogP contribution in [0.2, 0.25) is 0 Å². The number of rotatable bonds is 9. The highest BCUT2D eigenvalue weighted by Crippen LogP contribution is 2.45. The number of ketones is 2. The van der Waals surface area contributed by atoms with Gasteiger partial charge in [-0.2, -0.15) is 15.3 Å². The van der Waals surface area contributed by atoms with Gasteiger partial charge in [0.25, 0.3) is 0 Å². The number of carbonyl (C=O) groups is 2. The van der Waals surface area contributed by atoms with Crippen molar-refractivity contribution in [3.63, 3.8) is 0 Å². The summed E-state index contributed by atoms with van der Waals surface area (Å²) in [5, 5.41) is 15.0. The summed E-state index contributed by atoms with van der Waals surface area (Å²) in [7, 11) is 3.81. The summed E-state index contributed by atoms with van der Waals surface area (Å²) in [6, 6.07) is 39.8. The van der Waals surface area contributed by atoms with Gasteiger partial charge in [-0.3, -0.25) is 23.9 Å². The van der Waals surface area contributed by atoms with Crippen molar-refractivity contribution >= 4 is 50.2 Å². The fraction of sp³-hybridized carbons (Fsp3) is 0.120. The zero-order valence-electron chi connectivity index (χ0n) is 33.2. The number of aliphatic imine (C=N–C) groups is 1. The molecule has 4 heterocycles. The number of aromatic nitrogens is 6. The van der Waals surface area contributed by atoms with Crippen LogP contribution in [0.1, 0.15) is 50.1 Å². The summed E-state index contributed by atoms with van der Waals surface area (Å²) < 4.78 is 6.54. The molecule has 0 saturated carbocycles. The number of carbonyl (C=O) groups excluding carboxylic acids is 2. The number of hydrogen-bond donors (Lipinski definition) is 0. The molecule has 0 unspecified atom stereocenters. The lowest BCUT2D eigenvalue weighted by Gasteiger charge is -2.37. The maximum absolute atomic E-state index is 12.5. The molecule has 5 aromatic carbocycles. The summed E-state index contributed by atoms with van der Waals surface area (Å²) in [4.78, 5) is 28.6. The quantitative estimate of drug-likeness (QED) is 0.107. The molecule has 2 aliphatic rings. The molecular weight excluding hydrogens is 811 g/mol. The summed E-state index contributed by atoms with van der Waals surface area (Å²) in [6.07, 6.45) is 13.3. The Balaban J connectivity index is 0.000000192. The van der Waals surface area contributed by atoms with Gasteiger partial charge in [-0.25, -0.2) is 4.68 Å². The standard InChI is InChI=1S/C34H27BrN4O.C16H13N3O/c1-3-29(40)19-24-20-32-30(21-31(24)35)33(25-22-36-38(2)23-25)37-39(32)34(26-13-7-4-8-14-26,27-15-9-5-10-16-27)28-17-11-6-12-18-28;1-19-9-13(8-18-19)16-15-6-10-2-3-14(20)5-11(10)4-12(15)7-17-16/h3-18,20-23H,1,19H2,2H3;2-4,6,8-9H,5,7H2,1H3. The Morgan fingerprint density at radius 1 is 0.783 bits per heavy atom. The van der Waals surface area contributed by atoms with E-state index in [-0.39, 0.29) is 18.0 Å². The number of aryl methyl sites for hydroxylation is 2. The molecule has 10 heteroatoms. The maximum atomic E-state index is 12.5. The van der Waals surface area contributed by atoms with Crippen LogP contribution >= 0.6 is 15.9 Å². The highest BCUT2D eigenvalue weighted by Gasteiger charge is 2.41. The molecule has 10 rings (SSSR count). The third kappa shape index (κ3) is 6.98. The summed E-state index contributed by atoms with van der Waals surface area (Å²) in [5.41, 5.74) is 12.6. The first kappa shape index (κ1) is 38.5. The average Bonchev–Trinajstić information content (AvgIpc) is 4.08. The number of halogens is 1. The van der Waals surface area contributed by atoms with Crippen LogP contribution in [-0.4, -0.2) is 46.6 Å². The van der Waals surface area contributed by atoms with E-state index in [2.05, 4.69) is 139 Å². The molecular formula is C50H40BrN7O2. The Bertz CT molecular complexity index is 2900. The number of nitrogens with zero attached hydrogens (tertiary/aromatic N) is 7.